The van der Waals surface area contributed by atoms with Gasteiger partial charge < -0.3 is 4.98 Å². The topological polar surface area (TPSA) is 32.9 Å². The van der Waals surface area contributed by atoms with Crippen LogP contribution in [0.5, 0.6) is 0 Å². The maximum Gasteiger partial charge on any atom is 0.178 e. The molecule has 1 aromatic heterocycles. The summed E-state index contributed by atoms with van der Waals surface area (Å²) < 4.78 is 13.0. The summed E-state index contributed by atoms with van der Waals surface area (Å²) in [6.07, 6.45) is 1.62. The molecule has 15 heavy (non-hydrogen) atoms. The minimum Gasteiger partial charge on any atom is -0.360 e. The number of carbonyl (C=O) groups is 1. The van der Waals surface area contributed by atoms with E-state index in [0.717, 1.165) is 5.52 Å². The highest BCUT2D eigenvalue weighted by atomic mass is 79.9. The summed E-state index contributed by atoms with van der Waals surface area (Å²) in [5.74, 6) is -0.384. The van der Waals surface area contributed by atoms with E-state index in [9.17, 15) is 9.18 Å². The van der Waals surface area contributed by atoms with E-state index in [1.165, 1.54) is 12.1 Å². The molecule has 0 aliphatic rings. The highest BCUT2D eigenvalue weighted by Crippen LogP contribution is 2.22. The number of benzene rings is 1. The number of hydrogen-bond donors (Lipinski definition) is 1. The van der Waals surface area contributed by atoms with Crippen LogP contribution in [0.2, 0.25) is 0 Å². The Morgan fingerprint density at radius 3 is 2.93 bits per heavy atom. The van der Waals surface area contributed by atoms with Crippen molar-refractivity contribution in [2.45, 2.75) is 11.8 Å². The molecule has 0 spiro atoms. The molecule has 0 amide bonds. The highest BCUT2D eigenvalue weighted by molar-refractivity contribution is 9.10. The smallest absolute Gasteiger partial charge is 0.178 e. The van der Waals surface area contributed by atoms with Gasteiger partial charge in [-0.3, -0.25) is 4.79 Å². The average molecular weight is 270 g/mol. The van der Waals surface area contributed by atoms with Gasteiger partial charge in [0.15, 0.2) is 5.78 Å². The summed E-state index contributed by atoms with van der Waals surface area (Å²) >= 11 is 3.21. The number of rotatable bonds is 2. The number of H-pyrrole nitrogens is 1. The van der Waals surface area contributed by atoms with E-state index in [1.807, 2.05) is 0 Å². The normalized spacial score (nSPS) is 13.0. The van der Waals surface area contributed by atoms with E-state index < -0.39 is 0 Å². The number of aromatic amines is 1. The van der Waals surface area contributed by atoms with E-state index in [1.54, 1.807) is 19.2 Å². The Hall–Kier alpha value is -1.16. The quantitative estimate of drug-likeness (QED) is 0.659. The molecular formula is C11H9BrFNO. The first-order chi connectivity index (χ1) is 7.09. The van der Waals surface area contributed by atoms with Crippen molar-refractivity contribution in [1.29, 1.82) is 0 Å². The molecule has 0 aliphatic heterocycles. The molecule has 2 rings (SSSR count). The van der Waals surface area contributed by atoms with Crippen LogP contribution < -0.4 is 0 Å². The maximum absolute atomic E-state index is 13.0. The van der Waals surface area contributed by atoms with Crippen molar-refractivity contribution in [3.05, 3.63) is 35.8 Å². The van der Waals surface area contributed by atoms with Crippen molar-refractivity contribution >= 4 is 32.6 Å². The maximum atomic E-state index is 13.0. The monoisotopic (exact) mass is 269 g/mol. The second-order valence-corrected chi connectivity index (χ2v) is 4.75. The van der Waals surface area contributed by atoms with Crippen LogP contribution in [-0.4, -0.2) is 15.6 Å². The van der Waals surface area contributed by atoms with Gasteiger partial charge in [-0.05, 0) is 25.1 Å². The summed E-state index contributed by atoms with van der Waals surface area (Å²) in [6.45, 7) is 1.75. The average Bonchev–Trinajstić information content (AvgIpc) is 2.59. The Morgan fingerprint density at radius 2 is 2.27 bits per heavy atom. The molecular weight excluding hydrogens is 261 g/mol. The third-order valence-corrected chi connectivity index (χ3v) is 2.69. The predicted molar refractivity (Wildman–Crippen MR) is 61.0 cm³/mol. The first-order valence-electron chi connectivity index (χ1n) is 4.54. The molecule has 78 valence electrons. The number of hydrogen-bond acceptors (Lipinski definition) is 1. The largest absolute Gasteiger partial charge is 0.360 e. The van der Waals surface area contributed by atoms with E-state index in [0.29, 0.717) is 10.9 Å². The number of alkyl halides is 1. The summed E-state index contributed by atoms with van der Waals surface area (Å²) in [5, 5.41) is 0.631. The number of ketones is 1. The van der Waals surface area contributed by atoms with Crippen LogP contribution in [0, 0.1) is 5.82 Å². The van der Waals surface area contributed by atoms with Crippen molar-refractivity contribution in [1.82, 2.24) is 4.98 Å². The Bertz CT molecular complexity index is 518. The first-order valence-corrected chi connectivity index (χ1v) is 5.46. The molecule has 0 saturated heterocycles. The number of Topliss-reactive ketones (excluding diaryl/α,β-unsaturated/α-hetero) is 1. The van der Waals surface area contributed by atoms with E-state index in [-0.39, 0.29) is 16.4 Å². The zero-order valence-corrected chi connectivity index (χ0v) is 9.64. The minimum absolute atomic E-state index is 0.0492. The molecule has 0 radical (unpaired) electrons. The fourth-order valence-electron chi connectivity index (χ4n) is 1.51. The lowest BCUT2D eigenvalue weighted by Crippen LogP contribution is -2.09. The molecule has 1 N–H and O–H groups in total. The van der Waals surface area contributed by atoms with Gasteiger partial charge >= 0.3 is 0 Å². The molecule has 0 aliphatic carbocycles. The number of nitrogens with one attached hydrogen (secondary N) is 1. The van der Waals surface area contributed by atoms with Crippen molar-refractivity contribution in [2.24, 2.45) is 0 Å². The summed E-state index contributed by atoms with van der Waals surface area (Å²) in [7, 11) is 0. The van der Waals surface area contributed by atoms with Crippen molar-refractivity contribution in [3.8, 4) is 0 Å². The minimum atomic E-state index is -0.335. The van der Waals surface area contributed by atoms with Crippen LogP contribution in [0.3, 0.4) is 0 Å². The fraction of sp³-hybridized carbons (Fsp3) is 0.182. The van der Waals surface area contributed by atoms with Gasteiger partial charge in [-0.15, -0.1) is 0 Å². The molecule has 4 heteroatoms. The lowest BCUT2D eigenvalue weighted by molar-refractivity contribution is 0.0997. The van der Waals surface area contributed by atoms with Gasteiger partial charge in [-0.1, -0.05) is 15.9 Å². The molecule has 0 saturated carbocycles. The Balaban J connectivity index is 2.62. The molecule has 2 nitrogen and oxygen atoms in total. The van der Waals surface area contributed by atoms with Gasteiger partial charge in [0.25, 0.3) is 0 Å². The van der Waals surface area contributed by atoms with Gasteiger partial charge in [-0.2, -0.15) is 0 Å². The Labute approximate surface area is 94.6 Å². The van der Waals surface area contributed by atoms with Gasteiger partial charge in [0, 0.05) is 22.7 Å². The van der Waals surface area contributed by atoms with Crippen LogP contribution in [0.25, 0.3) is 10.9 Å². The van der Waals surface area contributed by atoms with Crippen LogP contribution in [0.4, 0.5) is 4.39 Å². The summed E-state index contributed by atoms with van der Waals surface area (Å²) in [4.78, 5) is 14.4. The SMILES string of the molecule is C[C@@H](Br)C(=O)c1c[nH]c2ccc(F)cc12. The van der Waals surface area contributed by atoms with Gasteiger partial charge in [0.1, 0.15) is 5.82 Å². The van der Waals surface area contributed by atoms with Gasteiger partial charge in [0.05, 0.1) is 4.83 Å². The van der Waals surface area contributed by atoms with Crippen LogP contribution in [0.1, 0.15) is 17.3 Å². The first kappa shape index (κ1) is 10.4. The van der Waals surface area contributed by atoms with Crippen molar-refractivity contribution in [2.75, 3.05) is 0 Å². The number of halogens is 2. The Kier molecular flexibility index (Phi) is 2.61. The second-order valence-electron chi connectivity index (χ2n) is 3.37. The number of fused-ring (bicyclic) bond motifs is 1. The van der Waals surface area contributed by atoms with Crippen LogP contribution >= 0.6 is 15.9 Å². The summed E-state index contributed by atoms with van der Waals surface area (Å²) in [5.41, 5.74) is 1.29. The zero-order chi connectivity index (χ0) is 11.0. The van der Waals surface area contributed by atoms with Gasteiger partial charge in [-0.25, -0.2) is 4.39 Å². The molecule has 0 bridgehead atoms. The standard InChI is InChI=1S/C11H9BrFNO/c1-6(12)11(15)9-5-14-10-3-2-7(13)4-8(9)10/h2-6,14H,1H3/t6-/m1/s1. The van der Waals surface area contributed by atoms with E-state index >= 15 is 0 Å². The lowest BCUT2D eigenvalue weighted by atomic mass is 10.1. The van der Waals surface area contributed by atoms with Crippen LogP contribution in [0.15, 0.2) is 24.4 Å². The van der Waals surface area contributed by atoms with E-state index in [4.69, 9.17) is 0 Å². The van der Waals surface area contributed by atoms with Gasteiger partial charge in [0.2, 0.25) is 0 Å². The molecule has 2 aromatic rings. The molecule has 1 aromatic carbocycles. The number of carbonyl (C=O) groups excluding carboxylic acids is 1. The fourth-order valence-corrected chi connectivity index (χ4v) is 1.76. The molecule has 1 atom stereocenters. The Morgan fingerprint density at radius 1 is 1.53 bits per heavy atom. The second kappa shape index (κ2) is 3.77. The van der Waals surface area contributed by atoms with Crippen LogP contribution in [-0.2, 0) is 0 Å². The number of aromatic nitrogens is 1. The third kappa shape index (κ3) is 1.81. The lowest BCUT2D eigenvalue weighted by Gasteiger charge is -2.00. The van der Waals surface area contributed by atoms with Crippen molar-refractivity contribution in [3.63, 3.8) is 0 Å². The third-order valence-electron chi connectivity index (χ3n) is 2.27. The molecule has 0 unspecified atom stereocenters. The van der Waals surface area contributed by atoms with Crippen molar-refractivity contribution < 1.29 is 9.18 Å². The highest BCUT2D eigenvalue weighted by Gasteiger charge is 2.16. The molecule has 1 heterocycles. The zero-order valence-electron chi connectivity index (χ0n) is 8.05. The molecule has 0 fully saturated rings. The summed E-state index contributed by atoms with van der Waals surface area (Å²) in [6, 6.07) is 4.36. The predicted octanol–water partition coefficient (Wildman–Crippen LogP) is 3.27. The van der Waals surface area contributed by atoms with E-state index in [2.05, 4.69) is 20.9 Å².